The molecule has 3 N–H and O–H groups in total. The largest absolute Gasteiger partial charge is 0.479 e. The van der Waals surface area contributed by atoms with Gasteiger partial charge in [0.1, 0.15) is 0 Å². The van der Waals surface area contributed by atoms with Gasteiger partial charge in [-0.25, -0.2) is 4.79 Å². The molecule has 0 spiro atoms. The molecule has 2 atom stereocenters. The third kappa shape index (κ3) is 3.30. The van der Waals surface area contributed by atoms with Gasteiger partial charge in [0, 0.05) is 17.5 Å². The summed E-state index contributed by atoms with van der Waals surface area (Å²) in [6.45, 7) is 3.24. The fourth-order valence-corrected chi connectivity index (χ4v) is 1.82. The summed E-state index contributed by atoms with van der Waals surface area (Å²) in [6.07, 6.45) is 0. The van der Waals surface area contributed by atoms with Gasteiger partial charge < -0.3 is 15.5 Å². The van der Waals surface area contributed by atoms with Gasteiger partial charge in [0.15, 0.2) is 5.60 Å². The Morgan fingerprint density at radius 2 is 2.40 bits per heavy atom. The summed E-state index contributed by atoms with van der Waals surface area (Å²) >= 11 is 1.60. The molecular formula is C10H15NO3S. The highest BCUT2D eigenvalue weighted by Gasteiger charge is 2.29. The molecule has 1 aromatic rings. The number of carboxylic acids is 1. The molecule has 0 saturated carbocycles. The molecule has 0 amide bonds. The standard InChI is InChI=1S/C10H15NO3S/c1-7(8-4-3-5-15-8)11-6-10(2,14)9(12)13/h3-5,7,11,14H,6H2,1-2H3,(H,12,13). The molecule has 4 nitrogen and oxygen atoms in total. The minimum Gasteiger partial charge on any atom is -0.479 e. The molecule has 0 radical (unpaired) electrons. The Hall–Kier alpha value is -0.910. The van der Waals surface area contributed by atoms with E-state index in [1.54, 1.807) is 11.3 Å². The van der Waals surface area contributed by atoms with Gasteiger partial charge in [-0.1, -0.05) is 6.07 Å². The molecule has 0 bridgehead atoms. The molecule has 5 heteroatoms. The Morgan fingerprint density at radius 3 is 2.87 bits per heavy atom. The van der Waals surface area contributed by atoms with Crippen molar-refractivity contribution < 1.29 is 15.0 Å². The Kier molecular flexibility index (Phi) is 3.84. The first-order valence-corrected chi connectivity index (χ1v) is 5.54. The van der Waals surface area contributed by atoms with Gasteiger partial charge in [-0.15, -0.1) is 11.3 Å². The lowest BCUT2D eigenvalue weighted by Gasteiger charge is -2.21. The van der Waals surface area contributed by atoms with Crippen molar-refractivity contribution in [3.8, 4) is 0 Å². The fraction of sp³-hybridized carbons (Fsp3) is 0.500. The number of thiophene rings is 1. The van der Waals surface area contributed by atoms with Gasteiger partial charge in [-0.3, -0.25) is 0 Å². The topological polar surface area (TPSA) is 69.6 Å². The smallest absolute Gasteiger partial charge is 0.336 e. The minimum absolute atomic E-state index is 0.0292. The van der Waals surface area contributed by atoms with Crippen LogP contribution in [-0.2, 0) is 4.79 Å². The van der Waals surface area contributed by atoms with Gasteiger partial charge in [0.05, 0.1) is 0 Å². The number of hydrogen-bond acceptors (Lipinski definition) is 4. The van der Waals surface area contributed by atoms with Crippen LogP contribution in [0.2, 0.25) is 0 Å². The number of aliphatic carboxylic acids is 1. The first kappa shape index (κ1) is 12.2. The van der Waals surface area contributed by atoms with Crippen LogP contribution in [0.5, 0.6) is 0 Å². The molecule has 0 saturated heterocycles. The van der Waals surface area contributed by atoms with Crippen molar-refractivity contribution in [1.29, 1.82) is 0 Å². The molecule has 0 aliphatic carbocycles. The summed E-state index contributed by atoms with van der Waals surface area (Å²) in [7, 11) is 0. The second kappa shape index (κ2) is 4.74. The van der Waals surface area contributed by atoms with Crippen LogP contribution in [-0.4, -0.2) is 28.3 Å². The van der Waals surface area contributed by atoms with E-state index in [0.717, 1.165) is 4.88 Å². The van der Waals surface area contributed by atoms with Gasteiger partial charge >= 0.3 is 5.97 Å². The van der Waals surface area contributed by atoms with E-state index in [-0.39, 0.29) is 12.6 Å². The number of carboxylic acid groups (broad SMARTS) is 1. The molecule has 0 aliphatic rings. The highest BCUT2D eigenvalue weighted by molar-refractivity contribution is 7.10. The highest BCUT2D eigenvalue weighted by atomic mass is 32.1. The second-order valence-electron chi connectivity index (χ2n) is 3.70. The lowest BCUT2D eigenvalue weighted by Crippen LogP contribution is -2.45. The van der Waals surface area contributed by atoms with Crippen LogP contribution in [0.3, 0.4) is 0 Å². The average Bonchev–Trinajstić information content (AvgIpc) is 2.66. The molecule has 84 valence electrons. The number of aliphatic hydroxyl groups is 1. The van der Waals surface area contributed by atoms with Crippen LogP contribution in [0.25, 0.3) is 0 Å². The lowest BCUT2D eigenvalue weighted by molar-refractivity contribution is -0.156. The molecule has 1 aromatic heterocycles. The number of nitrogens with one attached hydrogen (secondary N) is 1. The first-order chi connectivity index (χ1) is 6.93. The third-order valence-electron chi connectivity index (χ3n) is 2.18. The number of carbonyl (C=O) groups is 1. The summed E-state index contributed by atoms with van der Waals surface area (Å²) in [6, 6.07) is 3.96. The Bertz CT molecular complexity index is 321. The maximum Gasteiger partial charge on any atom is 0.336 e. The SMILES string of the molecule is CC(NCC(C)(O)C(=O)O)c1cccs1. The normalized spacial score (nSPS) is 17.0. The van der Waals surface area contributed by atoms with E-state index < -0.39 is 11.6 Å². The summed E-state index contributed by atoms with van der Waals surface area (Å²) in [5.74, 6) is -1.21. The van der Waals surface area contributed by atoms with Crippen molar-refractivity contribution in [2.45, 2.75) is 25.5 Å². The highest BCUT2D eigenvalue weighted by Crippen LogP contribution is 2.18. The van der Waals surface area contributed by atoms with E-state index in [9.17, 15) is 9.90 Å². The van der Waals surface area contributed by atoms with Crippen LogP contribution in [0, 0.1) is 0 Å². The maximum absolute atomic E-state index is 10.6. The Labute approximate surface area is 92.6 Å². The van der Waals surface area contributed by atoms with Crippen molar-refractivity contribution in [3.63, 3.8) is 0 Å². The third-order valence-corrected chi connectivity index (χ3v) is 3.24. The molecule has 1 rings (SSSR count). The maximum atomic E-state index is 10.6. The first-order valence-electron chi connectivity index (χ1n) is 4.66. The second-order valence-corrected chi connectivity index (χ2v) is 4.68. The van der Waals surface area contributed by atoms with Crippen molar-refractivity contribution >= 4 is 17.3 Å². The molecule has 15 heavy (non-hydrogen) atoms. The van der Waals surface area contributed by atoms with Gasteiger partial charge in [0.2, 0.25) is 0 Å². The number of rotatable bonds is 5. The van der Waals surface area contributed by atoms with Crippen LogP contribution in [0.15, 0.2) is 17.5 Å². The zero-order chi connectivity index (χ0) is 11.5. The molecule has 1 heterocycles. The van der Waals surface area contributed by atoms with Crippen molar-refractivity contribution in [2.24, 2.45) is 0 Å². The molecule has 0 aliphatic heterocycles. The van der Waals surface area contributed by atoms with E-state index in [0.29, 0.717) is 0 Å². The van der Waals surface area contributed by atoms with Crippen LogP contribution in [0.1, 0.15) is 24.8 Å². The van der Waals surface area contributed by atoms with Gasteiger partial charge in [-0.05, 0) is 25.3 Å². The quantitative estimate of drug-likeness (QED) is 0.710. The summed E-state index contributed by atoms with van der Waals surface area (Å²) in [4.78, 5) is 11.8. The van der Waals surface area contributed by atoms with Gasteiger partial charge in [0.25, 0.3) is 0 Å². The summed E-state index contributed by atoms with van der Waals surface area (Å²) < 4.78 is 0. The fourth-order valence-electron chi connectivity index (χ4n) is 1.07. The van der Waals surface area contributed by atoms with Crippen LogP contribution >= 0.6 is 11.3 Å². The monoisotopic (exact) mass is 229 g/mol. The predicted molar refractivity (Wildman–Crippen MR) is 59.0 cm³/mol. The van der Waals surface area contributed by atoms with Crippen LogP contribution in [0.4, 0.5) is 0 Å². The van der Waals surface area contributed by atoms with Gasteiger partial charge in [-0.2, -0.15) is 0 Å². The van der Waals surface area contributed by atoms with E-state index in [1.807, 2.05) is 24.4 Å². The molecule has 0 fully saturated rings. The Morgan fingerprint density at radius 1 is 1.73 bits per heavy atom. The molecular weight excluding hydrogens is 214 g/mol. The van der Waals surface area contributed by atoms with Crippen molar-refractivity contribution in [1.82, 2.24) is 5.32 Å². The lowest BCUT2D eigenvalue weighted by atomic mass is 10.1. The molecule has 0 aromatic carbocycles. The summed E-state index contributed by atoms with van der Waals surface area (Å²) in [5.41, 5.74) is -1.72. The van der Waals surface area contributed by atoms with E-state index in [4.69, 9.17) is 5.11 Å². The van der Waals surface area contributed by atoms with Crippen LogP contribution < -0.4 is 5.32 Å². The zero-order valence-electron chi connectivity index (χ0n) is 8.73. The van der Waals surface area contributed by atoms with E-state index in [1.165, 1.54) is 6.92 Å². The zero-order valence-corrected chi connectivity index (χ0v) is 9.54. The average molecular weight is 229 g/mol. The minimum atomic E-state index is -1.72. The predicted octanol–water partition coefficient (Wildman–Crippen LogP) is 1.23. The summed E-state index contributed by atoms with van der Waals surface area (Å²) in [5, 5.41) is 23.1. The molecule has 2 unspecified atom stereocenters. The number of hydrogen-bond donors (Lipinski definition) is 3. The Balaban J connectivity index is 2.47. The van der Waals surface area contributed by atoms with E-state index >= 15 is 0 Å². The van der Waals surface area contributed by atoms with Crippen molar-refractivity contribution in [3.05, 3.63) is 22.4 Å². The van der Waals surface area contributed by atoms with E-state index in [2.05, 4.69) is 5.32 Å². The van der Waals surface area contributed by atoms with Crippen molar-refractivity contribution in [2.75, 3.05) is 6.54 Å².